The van der Waals surface area contributed by atoms with Crippen molar-refractivity contribution >= 4 is 11.7 Å². The molecule has 1 amide bonds. The molecule has 0 unspecified atom stereocenters. The van der Waals surface area contributed by atoms with Gasteiger partial charge in [0.05, 0.1) is 6.20 Å². The smallest absolute Gasteiger partial charge is 0.228 e. The normalized spacial score (nSPS) is 19.6. The second-order valence-electron chi connectivity index (χ2n) is 5.37. The number of nitrogens with zero attached hydrogens (tertiary/aromatic N) is 1. The number of pyridine rings is 1. The third kappa shape index (κ3) is 3.21. The fourth-order valence-electron chi connectivity index (χ4n) is 2.10. The minimum atomic E-state index is -0.979. The maximum Gasteiger partial charge on any atom is 0.228 e. The van der Waals surface area contributed by atoms with Crippen molar-refractivity contribution in [3.05, 3.63) is 48.2 Å². The van der Waals surface area contributed by atoms with Crippen LogP contribution in [0.15, 0.2) is 36.5 Å². The van der Waals surface area contributed by atoms with Crippen LogP contribution in [0.5, 0.6) is 11.5 Å². The summed E-state index contributed by atoms with van der Waals surface area (Å²) in [5, 5.41) is 2.73. The zero-order chi connectivity index (χ0) is 15.7. The van der Waals surface area contributed by atoms with E-state index in [1.807, 2.05) is 6.92 Å². The second-order valence-corrected chi connectivity index (χ2v) is 5.37. The van der Waals surface area contributed by atoms with E-state index in [4.69, 9.17) is 4.74 Å². The molecule has 1 fully saturated rings. The summed E-state index contributed by atoms with van der Waals surface area (Å²) in [5.74, 6) is -0.481. The van der Waals surface area contributed by atoms with Gasteiger partial charge in [-0.2, -0.15) is 0 Å². The van der Waals surface area contributed by atoms with E-state index < -0.39 is 11.6 Å². The monoisotopic (exact) mass is 304 g/mol. The molecule has 0 bridgehead atoms. The Balaban J connectivity index is 1.63. The van der Waals surface area contributed by atoms with Gasteiger partial charge in [-0.05, 0) is 36.6 Å². The van der Waals surface area contributed by atoms with Gasteiger partial charge in [0, 0.05) is 12.0 Å². The number of carbonyl (C=O) groups excluding carboxylic acids is 1. The van der Waals surface area contributed by atoms with Gasteiger partial charge in [-0.1, -0.05) is 6.92 Å². The number of carbonyl (C=O) groups is 1. The Hall–Kier alpha value is -2.50. The number of benzene rings is 1. The molecule has 0 aliphatic heterocycles. The van der Waals surface area contributed by atoms with E-state index >= 15 is 0 Å². The van der Waals surface area contributed by atoms with Crippen molar-refractivity contribution in [2.75, 3.05) is 5.32 Å². The predicted octanol–water partition coefficient (Wildman–Crippen LogP) is 3.75. The third-order valence-corrected chi connectivity index (χ3v) is 3.56. The summed E-state index contributed by atoms with van der Waals surface area (Å²) in [7, 11) is 0. The number of rotatable bonds is 4. The highest BCUT2D eigenvalue weighted by atomic mass is 19.2. The molecule has 1 aromatic heterocycles. The predicted molar refractivity (Wildman–Crippen MR) is 76.6 cm³/mol. The van der Waals surface area contributed by atoms with Gasteiger partial charge >= 0.3 is 0 Å². The number of anilines is 1. The van der Waals surface area contributed by atoms with Crippen molar-refractivity contribution in [3.8, 4) is 11.5 Å². The molecule has 1 aliphatic rings. The lowest BCUT2D eigenvalue weighted by Crippen LogP contribution is -2.15. The molecule has 22 heavy (non-hydrogen) atoms. The molecule has 2 aromatic rings. The van der Waals surface area contributed by atoms with Crippen LogP contribution in [0.3, 0.4) is 0 Å². The molecule has 0 radical (unpaired) electrons. The van der Waals surface area contributed by atoms with E-state index in [1.165, 1.54) is 12.3 Å². The van der Waals surface area contributed by atoms with Crippen LogP contribution in [0.4, 0.5) is 14.6 Å². The minimum absolute atomic E-state index is 0.0331. The first kappa shape index (κ1) is 14.4. The largest absolute Gasteiger partial charge is 0.456 e. The van der Waals surface area contributed by atoms with Crippen molar-refractivity contribution in [3.63, 3.8) is 0 Å². The molecule has 1 aliphatic carbocycles. The number of ether oxygens (including phenoxy) is 1. The molecule has 1 heterocycles. The van der Waals surface area contributed by atoms with E-state index in [-0.39, 0.29) is 17.6 Å². The Kier molecular flexibility index (Phi) is 3.75. The van der Waals surface area contributed by atoms with Crippen molar-refractivity contribution < 1.29 is 18.3 Å². The molecule has 0 spiro atoms. The topological polar surface area (TPSA) is 51.2 Å². The molecule has 3 rings (SSSR count). The van der Waals surface area contributed by atoms with Gasteiger partial charge in [-0.3, -0.25) is 4.79 Å². The first-order valence-corrected chi connectivity index (χ1v) is 6.93. The summed E-state index contributed by atoms with van der Waals surface area (Å²) in [6.45, 7) is 2.02. The summed E-state index contributed by atoms with van der Waals surface area (Å²) in [6.07, 6.45) is 2.32. The quantitative estimate of drug-likeness (QED) is 0.936. The molecule has 4 nitrogen and oxygen atoms in total. The SMILES string of the molecule is C[C@@H]1C[C@H]1C(=O)Nc1ccc(Oc2ccc(F)c(F)c2)cn1. The average Bonchev–Trinajstić information content (AvgIpc) is 3.22. The zero-order valence-electron chi connectivity index (χ0n) is 11.8. The summed E-state index contributed by atoms with van der Waals surface area (Å²) < 4.78 is 31.3. The van der Waals surface area contributed by atoms with Crippen molar-refractivity contribution in [1.29, 1.82) is 0 Å². The van der Waals surface area contributed by atoms with Gasteiger partial charge in [-0.25, -0.2) is 13.8 Å². The highest BCUT2D eigenvalue weighted by Crippen LogP contribution is 2.38. The number of halogens is 2. The number of hydrogen-bond donors (Lipinski definition) is 1. The third-order valence-electron chi connectivity index (χ3n) is 3.56. The van der Waals surface area contributed by atoms with Crippen LogP contribution in [0.25, 0.3) is 0 Å². The molecule has 114 valence electrons. The first-order chi connectivity index (χ1) is 10.5. The minimum Gasteiger partial charge on any atom is -0.456 e. The molecule has 0 saturated heterocycles. The maximum absolute atomic E-state index is 13.1. The zero-order valence-corrected chi connectivity index (χ0v) is 11.8. The molecule has 1 saturated carbocycles. The van der Waals surface area contributed by atoms with E-state index in [0.717, 1.165) is 18.6 Å². The van der Waals surface area contributed by atoms with E-state index in [9.17, 15) is 13.6 Å². The fraction of sp³-hybridized carbons (Fsp3) is 0.250. The van der Waals surface area contributed by atoms with E-state index in [2.05, 4.69) is 10.3 Å². The molecule has 6 heteroatoms. The lowest BCUT2D eigenvalue weighted by atomic mass is 10.3. The highest BCUT2D eigenvalue weighted by molar-refractivity contribution is 5.93. The standard InChI is InChI=1S/C16H14F2N2O2/c1-9-6-12(9)16(21)20-15-5-3-11(8-19-15)22-10-2-4-13(17)14(18)7-10/h2-5,7-9,12H,6H2,1H3,(H,19,20,21)/t9-,12-/m1/s1. The Morgan fingerprint density at radius 1 is 1.23 bits per heavy atom. The van der Waals surface area contributed by atoms with Crippen molar-refractivity contribution in [2.45, 2.75) is 13.3 Å². The number of nitrogens with one attached hydrogen (secondary N) is 1. The van der Waals surface area contributed by atoms with Gasteiger partial charge in [0.15, 0.2) is 11.6 Å². The molecule has 1 N–H and O–H groups in total. The van der Waals surface area contributed by atoms with Crippen LogP contribution in [0.1, 0.15) is 13.3 Å². The Morgan fingerprint density at radius 3 is 2.55 bits per heavy atom. The van der Waals surface area contributed by atoms with E-state index in [1.54, 1.807) is 12.1 Å². The van der Waals surface area contributed by atoms with Crippen LogP contribution in [0.2, 0.25) is 0 Å². The van der Waals surface area contributed by atoms with Crippen LogP contribution in [0, 0.1) is 23.5 Å². The second kappa shape index (κ2) is 5.71. The fourth-order valence-corrected chi connectivity index (χ4v) is 2.10. The Labute approximate surface area is 126 Å². The summed E-state index contributed by atoms with van der Waals surface area (Å²) in [5.41, 5.74) is 0. The Morgan fingerprint density at radius 2 is 1.95 bits per heavy atom. The van der Waals surface area contributed by atoms with Crippen molar-refractivity contribution in [2.24, 2.45) is 11.8 Å². The van der Waals surface area contributed by atoms with Crippen molar-refractivity contribution in [1.82, 2.24) is 4.98 Å². The van der Waals surface area contributed by atoms with Crippen LogP contribution < -0.4 is 10.1 Å². The molecular formula is C16H14F2N2O2. The first-order valence-electron chi connectivity index (χ1n) is 6.93. The van der Waals surface area contributed by atoms with Crippen LogP contribution in [-0.4, -0.2) is 10.9 Å². The lowest BCUT2D eigenvalue weighted by molar-refractivity contribution is -0.117. The Bertz CT molecular complexity index is 704. The van der Waals surface area contributed by atoms with Gasteiger partial charge in [0.1, 0.15) is 17.3 Å². The van der Waals surface area contributed by atoms with Crippen LogP contribution >= 0.6 is 0 Å². The molecular weight excluding hydrogens is 290 g/mol. The van der Waals surface area contributed by atoms with Gasteiger partial charge in [-0.15, -0.1) is 0 Å². The number of hydrogen-bond acceptors (Lipinski definition) is 3. The summed E-state index contributed by atoms with van der Waals surface area (Å²) in [4.78, 5) is 15.8. The van der Waals surface area contributed by atoms with Gasteiger partial charge < -0.3 is 10.1 Å². The summed E-state index contributed by atoms with van der Waals surface area (Å²) >= 11 is 0. The molecule has 2 atom stereocenters. The average molecular weight is 304 g/mol. The number of aromatic nitrogens is 1. The van der Waals surface area contributed by atoms with Gasteiger partial charge in [0.2, 0.25) is 5.91 Å². The van der Waals surface area contributed by atoms with E-state index in [0.29, 0.717) is 17.5 Å². The summed E-state index contributed by atoms with van der Waals surface area (Å²) in [6, 6.07) is 6.46. The highest BCUT2D eigenvalue weighted by Gasteiger charge is 2.39. The van der Waals surface area contributed by atoms with Gasteiger partial charge in [0.25, 0.3) is 0 Å². The van der Waals surface area contributed by atoms with Crippen LogP contribution in [-0.2, 0) is 4.79 Å². The lowest BCUT2D eigenvalue weighted by Gasteiger charge is -2.07. The number of amides is 1. The maximum atomic E-state index is 13.1. The molecule has 1 aromatic carbocycles.